The Bertz CT molecular complexity index is 972. The third kappa shape index (κ3) is 8.73. The van der Waals surface area contributed by atoms with Crippen molar-refractivity contribution in [1.82, 2.24) is 0 Å². The Kier molecular flexibility index (Phi) is 11.6. The fourth-order valence-corrected chi connectivity index (χ4v) is 6.48. The van der Waals surface area contributed by atoms with E-state index < -0.39 is 0 Å². The number of rotatable bonds is 14. The van der Waals surface area contributed by atoms with Crippen LogP contribution in [-0.2, 0) is 0 Å². The molecule has 2 aromatic carbocycles. The highest BCUT2D eigenvalue weighted by molar-refractivity contribution is 5.73. The molecule has 2 aliphatic carbocycles. The van der Waals surface area contributed by atoms with Crippen LogP contribution in [0.1, 0.15) is 134 Å². The summed E-state index contributed by atoms with van der Waals surface area (Å²) in [4.78, 5) is 0. The van der Waals surface area contributed by atoms with Crippen LogP contribution in [0.2, 0.25) is 0 Å². The van der Waals surface area contributed by atoms with Crippen LogP contribution in [0.5, 0.6) is 0 Å². The van der Waals surface area contributed by atoms with Crippen molar-refractivity contribution in [3.05, 3.63) is 71.8 Å². The minimum atomic E-state index is 0.915. The van der Waals surface area contributed by atoms with E-state index in [0.29, 0.717) is 0 Å². The summed E-state index contributed by atoms with van der Waals surface area (Å²) in [7, 11) is 0. The highest BCUT2D eigenvalue weighted by atomic mass is 14.2. The van der Waals surface area contributed by atoms with E-state index in [1.807, 2.05) is 0 Å². The molecule has 0 radical (unpaired) electrons. The van der Waals surface area contributed by atoms with Gasteiger partial charge in [0.2, 0.25) is 0 Å². The second-order valence-electron chi connectivity index (χ2n) is 11.9. The van der Waals surface area contributed by atoms with Crippen molar-refractivity contribution in [2.45, 2.75) is 123 Å². The van der Waals surface area contributed by atoms with Gasteiger partial charge in [-0.05, 0) is 83.8 Å². The zero-order chi connectivity index (χ0) is 25.7. The first kappa shape index (κ1) is 27.9. The molecule has 0 N–H and O–H groups in total. The fourth-order valence-electron chi connectivity index (χ4n) is 6.48. The van der Waals surface area contributed by atoms with Gasteiger partial charge in [0.15, 0.2) is 0 Å². The molecule has 0 saturated carbocycles. The van der Waals surface area contributed by atoms with Gasteiger partial charge in [-0.3, -0.25) is 0 Å². The molecule has 2 atom stereocenters. The Morgan fingerprint density at radius 2 is 0.865 bits per heavy atom. The molecular weight excluding hydrogens is 444 g/mol. The van der Waals surface area contributed by atoms with Crippen molar-refractivity contribution in [2.75, 3.05) is 0 Å². The molecule has 2 aromatic rings. The summed E-state index contributed by atoms with van der Waals surface area (Å²) in [5.41, 5.74) is 8.66. The lowest BCUT2D eigenvalue weighted by molar-refractivity contribution is 0.423. The van der Waals surface area contributed by atoms with Gasteiger partial charge in [0.1, 0.15) is 0 Å². The van der Waals surface area contributed by atoms with Crippen molar-refractivity contribution in [2.24, 2.45) is 11.8 Å². The lowest BCUT2D eigenvalue weighted by Crippen LogP contribution is -2.05. The van der Waals surface area contributed by atoms with E-state index in [1.165, 1.54) is 131 Å². The quantitative estimate of drug-likeness (QED) is 0.228. The number of hydrogen-bond acceptors (Lipinski definition) is 0. The van der Waals surface area contributed by atoms with Gasteiger partial charge in [-0.25, -0.2) is 0 Å². The van der Waals surface area contributed by atoms with Gasteiger partial charge in [-0.15, -0.1) is 0 Å². The largest absolute Gasteiger partial charge is 0.0804 e. The van der Waals surface area contributed by atoms with E-state index in [4.69, 9.17) is 0 Å². The summed E-state index contributed by atoms with van der Waals surface area (Å²) in [5, 5.41) is 0. The third-order valence-corrected chi connectivity index (χ3v) is 9.07. The molecule has 0 aliphatic heterocycles. The third-order valence-electron chi connectivity index (χ3n) is 9.07. The van der Waals surface area contributed by atoms with Gasteiger partial charge in [-0.1, -0.05) is 145 Å². The van der Waals surface area contributed by atoms with Crippen LogP contribution < -0.4 is 0 Å². The maximum atomic E-state index is 2.54. The minimum Gasteiger partial charge on any atom is -0.0804 e. The molecule has 0 heteroatoms. The maximum Gasteiger partial charge on any atom is -0.0184 e. The first-order chi connectivity index (χ1) is 18.3. The average Bonchev–Trinajstić information content (AvgIpc) is 2.96. The van der Waals surface area contributed by atoms with E-state index in [0.717, 1.165) is 11.8 Å². The van der Waals surface area contributed by atoms with Crippen molar-refractivity contribution < 1.29 is 0 Å². The zero-order valence-corrected chi connectivity index (χ0v) is 23.9. The number of hydrogen-bond donors (Lipinski definition) is 0. The minimum absolute atomic E-state index is 0.915. The van der Waals surface area contributed by atoms with Crippen molar-refractivity contribution in [3.63, 3.8) is 0 Å². The molecule has 4 rings (SSSR count). The van der Waals surface area contributed by atoms with Gasteiger partial charge in [-0.2, -0.15) is 0 Å². The Morgan fingerprint density at radius 3 is 1.30 bits per heavy atom. The predicted molar refractivity (Wildman–Crippen MR) is 165 cm³/mol. The van der Waals surface area contributed by atoms with E-state index in [1.54, 1.807) is 11.1 Å². The number of allylic oxidation sites excluding steroid dienone is 4. The molecule has 0 nitrogen and oxygen atoms in total. The first-order valence-electron chi connectivity index (χ1n) is 15.9. The lowest BCUT2D eigenvalue weighted by Gasteiger charge is -2.22. The lowest BCUT2D eigenvalue weighted by atomic mass is 9.83. The van der Waals surface area contributed by atoms with E-state index >= 15 is 0 Å². The summed E-state index contributed by atoms with van der Waals surface area (Å²) in [6.07, 6.45) is 28.4. The first-order valence-corrected chi connectivity index (χ1v) is 15.9. The highest BCUT2D eigenvalue weighted by Crippen LogP contribution is 2.35. The van der Waals surface area contributed by atoms with Gasteiger partial charge in [0.05, 0.1) is 0 Å². The Morgan fingerprint density at radius 1 is 0.486 bits per heavy atom. The van der Waals surface area contributed by atoms with Crippen LogP contribution in [0.15, 0.2) is 60.7 Å². The zero-order valence-electron chi connectivity index (χ0n) is 23.9. The molecule has 0 fully saturated rings. The molecule has 0 saturated heterocycles. The summed E-state index contributed by atoms with van der Waals surface area (Å²) in [6.45, 7) is 4.60. The Hall–Kier alpha value is -2.08. The fraction of sp³-hybridized carbons (Fsp3) is 0.568. The van der Waals surface area contributed by atoms with Crippen LogP contribution >= 0.6 is 0 Å². The highest BCUT2D eigenvalue weighted by Gasteiger charge is 2.16. The number of unbranched alkanes of at least 4 members (excludes halogenated alkanes) is 7. The van der Waals surface area contributed by atoms with E-state index in [-0.39, 0.29) is 0 Å². The predicted octanol–water partition coefficient (Wildman–Crippen LogP) is 12.1. The second-order valence-corrected chi connectivity index (χ2v) is 11.9. The molecule has 2 unspecified atom stereocenters. The van der Waals surface area contributed by atoms with Crippen molar-refractivity contribution in [1.29, 1.82) is 0 Å². The standard InChI is InChI=1S/C37H52/c1-3-5-7-8-9-11-13-31-16-20-33(21-17-31)35-24-28-37(29-25-35)36-26-22-34(23-27-36)32-18-14-30(15-19-32)12-10-6-4-2/h18,20,22-31H,3-17,19,21H2,1-2H3. The smallest absolute Gasteiger partial charge is 0.0184 e. The molecule has 0 bridgehead atoms. The molecule has 37 heavy (non-hydrogen) atoms. The summed E-state index contributed by atoms with van der Waals surface area (Å²) >= 11 is 0. The molecule has 0 spiro atoms. The van der Waals surface area contributed by atoms with E-state index in [2.05, 4.69) is 74.5 Å². The van der Waals surface area contributed by atoms with Gasteiger partial charge < -0.3 is 0 Å². The normalized spacial score (nSPS) is 19.9. The van der Waals surface area contributed by atoms with Crippen LogP contribution in [0, 0.1) is 11.8 Å². The van der Waals surface area contributed by atoms with Crippen LogP contribution in [0.3, 0.4) is 0 Å². The molecule has 0 amide bonds. The monoisotopic (exact) mass is 496 g/mol. The molecule has 2 aliphatic rings. The van der Waals surface area contributed by atoms with Crippen LogP contribution in [0.25, 0.3) is 22.3 Å². The summed E-state index contributed by atoms with van der Waals surface area (Å²) in [5.74, 6) is 1.83. The second kappa shape index (κ2) is 15.4. The van der Waals surface area contributed by atoms with Crippen molar-refractivity contribution in [3.8, 4) is 11.1 Å². The maximum absolute atomic E-state index is 2.54. The van der Waals surface area contributed by atoms with Gasteiger partial charge in [0, 0.05) is 0 Å². The Balaban J connectivity index is 1.25. The van der Waals surface area contributed by atoms with Crippen molar-refractivity contribution >= 4 is 11.1 Å². The molecule has 0 heterocycles. The molecular formula is C37H52. The molecule has 200 valence electrons. The van der Waals surface area contributed by atoms with Crippen LogP contribution in [-0.4, -0.2) is 0 Å². The SMILES string of the molecule is CCCCCCCCC1CC=C(c2ccc(-c3ccc(C4=CCC(CCCCC)CC4)cc3)cc2)CC1. The topological polar surface area (TPSA) is 0 Å². The average molecular weight is 497 g/mol. The van der Waals surface area contributed by atoms with Gasteiger partial charge in [0.25, 0.3) is 0 Å². The Labute approximate surface area is 228 Å². The summed E-state index contributed by atoms with van der Waals surface area (Å²) < 4.78 is 0. The molecule has 0 aromatic heterocycles. The number of benzene rings is 2. The van der Waals surface area contributed by atoms with Gasteiger partial charge >= 0.3 is 0 Å². The van der Waals surface area contributed by atoms with E-state index in [9.17, 15) is 0 Å². The summed E-state index contributed by atoms with van der Waals surface area (Å²) in [6, 6.07) is 18.7. The van der Waals surface area contributed by atoms with Crippen LogP contribution in [0.4, 0.5) is 0 Å².